The van der Waals surface area contributed by atoms with Crippen molar-refractivity contribution in [1.29, 1.82) is 0 Å². The predicted molar refractivity (Wildman–Crippen MR) is 296 cm³/mol. The minimum atomic E-state index is 1.32. The van der Waals surface area contributed by atoms with Crippen LogP contribution in [-0.4, -0.2) is 0 Å². The fourth-order valence-electron chi connectivity index (χ4n) is 7.04. The lowest BCUT2D eigenvalue weighted by atomic mass is 10.0. The van der Waals surface area contributed by atoms with Gasteiger partial charge in [0.15, 0.2) is 0 Å². The molecule has 342 valence electrons. The van der Waals surface area contributed by atoms with E-state index in [1.807, 2.05) is 0 Å². The van der Waals surface area contributed by atoms with Gasteiger partial charge in [-0.2, -0.15) is 0 Å². The molecule has 0 nitrogen and oxygen atoms in total. The Bertz CT molecular complexity index is 2750. The smallest absolute Gasteiger partial charge is 0.0155 e. The summed E-state index contributed by atoms with van der Waals surface area (Å²) in [5.74, 6) is 0. The molecule has 0 bridgehead atoms. The van der Waals surface area contributed by atoms with Gasteiger partial charge in [-0.3, -0.25) is 0 Å². The van der Waals surface area contributed by atoms with Crippen molar-refractivity contribution < 1.29 is 0 Å². The van der Waals surface area contributed by atoms with Crippen molar-refractivity contribution in [2.75, 3.05) is 0 Å². The maximum atomic E-state index is 2.22. The Hall–Kier alpha value is -6.50. The van der Waals surface area contributed by atoms with Gasteiger partial charge in [0.2, 0.25) is 0 Å². The average molecular weight is 871 g/mol. The number of rotatable bonds is 0. The van der Waals surface area contributed by atoms with Gasteiger partial charge in [0.1, 0.15) is 0 Å². The van der Waals surface area contributed by atoms with E-state index in [0.29, 0.717) is 0 Å². The van der Waals surface area contributed by atoms with Crippen molar-refractivity contribution in [2.45, 2.75) is 111 Å². The van der Waals surface area contributed by atoms with Crippen LogP contribution in [0.1, 0.15) is 89.0 Å². The highest BCUT2D eigenvalue weighted by Crippen LogP contribution is 2.18. The van der Waals surface area contributed by atoms with Crippen LogP contribution < -0.4 is 0 Å². The molecule has 0 fully saturated rings. The number of fused-ring (bicyclic) bond motifs is 2. The molecule has 0 atom stereocenters. The van der Waals surface area contributed by atoms with Crippen LogP contribution in [0.4, 0.5) is 0 Å². The Kier molecular flexibility index (Phi) is 22.6. The van der Waals surface area contributed by atoms with Crippen LogP contribution in [0.2, 0.25) is 0 Å². The van der Waals surface area contributed by atoms with E-state index in [1.165, 1.54) is 111 Å². The molecule has 0 spiro atoms. The summed E-state index contributed by atoms with van der Waals surface area (Å²) >= 11 is 0. The second-order valence-electron chi connectivity index (χ2n) is 18.0. The van der Waals surface area contributed by atoms with E-state index in [2.05, 4.69) is 293 Å². The SMILES string of the molecule is Cc1cc(C)c(C)c(C)c1.Cc1ccc(C)c(C)c1.Cc1ccc(C)cc1.Cc1ccc2ccccc2c1.Cc1cccc(C)c1C.Cc1cccc2ccccc12.Cc1ccccc1C. The number of benzene rings is 9. The normalized spacial score (nSPS) is 9.82. The first kappa shape index (κ1) is 53.8. The van der Waals surface area contributed by atoms with Crippen LogP contribution in [0.5, 0.6) is 0 Å². The molecule has 0 aliphatic heterocycles. The predicted octanol–water partition coefficient (Wildman–Crippen LogP) is 19.0. The number of hydrogen-bond donors (Lipinski definition) is 0. The van der Waals surface area contributed by atoms with Gasteiger partial charge in [0.25, 0.3) is 0 Å². The molecule has 0 aliphatic carbocycles. The molecule has 9 aromatic rings. The molecule has 0 aliphatic rings. The lowest BCUT2D eigenvalue weighted by Gasteiger charge is -2.04. The van der Waals surface area contributed by atoms with Crippen LogP contribution in [0.15, 0.2) is 182 Å². The first-order valence-electron chi connectivity index (χ1n) is 23.4. The molecular weight excluding hydrogens is 793 g/mol. The Morgan fingerprint density at radius 1 is 0.182 bits per heavy atom. The topological polar surface area (TPSA) is 0 Å². The van der Waals surface area contributed by atoms with E-state index in [4.69, 9.17) is 0 Å². The van der Waals surface area contributed by atoms with Gasteiger partial charge in [-0.25, -0.2) is 0 Å². The number of hydrogen-bond acceptors (Lipinski definition) is 0. The Morgan fingerprint density at radius 2 is 0.530 bits per heavy atom. The highest BCUT2D eigenvalue weighted by atomic mass is 14.0. The second-order valence-corrected chi connectivity index (χ2v) is 18.0. The number of aryl methyl sites for hydroxylation is 14. The minimum absolute atomic E-state index is 1.32. The van der Waals surface area contributed by atoms with Crippen LogP contribution in [0.3, 0.4) is 0 Å². The molecule has 9 aromatic carbocycles. The molecule has 66 heavy (non-hydrogen) atoms. The van der Waals surface area contributed by atoms with Crippen molar-refractivity contribution in [3.8, 4) is 0 Å². The van der Waals surface area contributed by atoms with Gasteiger partial charge in [-0.05, 0) is 194 Å². The van der Waals surface area contributed by atoms with Crippen LogP contribution in [-0.2, 0) is 0 Å². The quantitative estimate of drug-likeness (QED) is 0.142. The molecule has 0 N–H and O–H groups in total. The summed E-state index contributed by atoms with van der Waals surface area (Å²) in [4.78, 5) is 0. The molecule has 9 rings (SSSR count). The Morgan fingerprint density at radius 3 is 1.02 bits per heavy atom. The highest BCUT2D eigenvalue weighted by Gasteiger charge is 1.97. The zero-order valence-corrected chi connectivity index (χ0v) is 43.3. The standard InChI is InChI=1S/2C11H10.C10H14.2C9H12.2C8H10/c1-9-5-4-7-10-6-2-3-8-11(9)10;1-9-6-7-10-4-2-3-5-11(10)8-9;1-7-5-8(2)10(4)9(3)6-7;1-7-4-5-8(2)9(3)6-7;1-7-5-4-6-8(2)9(7)3;1-7-3-5-8(2)6-4-7;1-7-5-3-4-6-8(7)2/h2*2-8H,1H3;5-6H,1-4H3;2*4-6H,1-3H3;2*3-6H,1-2H3. The van der Waals surface area contributed by atoms with Gasteiger partial charge >= 0.3 is 0 Å². The summed E-state index contributed by atoms with van der Waals surface area (Å²) in [5.41, 5.74) is 21.9. The van der Waals surface area contributed by atoms with E-state index in [-0.39, 0.29) is 0 Å². The van der Waals surface area contributed by atoms with Crippen LogP contribution in [0.25, 0.3) is 21.5 Å². The van der Waals surface area contributed by atoms with Gasteiger partial charge < -0.3 is 0 Å². The van der Waals surface area contributed by atoms with Crippen LogP contribution >= 0.6 is 0 Å². The Balaban J connectivity index is 0.000000205. The molecule has 0 amide bonds. The van der Waals surface area contributed by atoms with Gasteiger partial charge in [-0.15, -0.1) is 0 Å². The zero-order chi connectivity index (χ0) is 48.8. The third-order valence-corrected chi connectivity index (χ3v) is 12.2. The highest BCUT2D eigenvalue weighted by molar-refractivity contribution is 5.85. The van der Waals surface area contributed by atoms with E-state index in [9.17, 15) is 0 Å². The minimum Gasteiger partial charge on any atom is -0.0620 e. The van der Waals surface area contributed by atoms with E-state index in [1.54, 1.807) is 0 Å². The third kappa shape index (κ3) is 18.9. The Labute approximate surface area is 401 Å². The second kappa shape index (κ2) is 27.7. The van der Waals surface area contributed by atoms with Gasteiger partial charge in [0, 0.05) is 0 Å². The summed E-state index contributed by atoms with van der Waals surface area (Å²) < 4.78 is 0. The third-order valence-electron chi connectivity index (χ3n) is 12.2. The molecule has 0 aromatic heterocycles. The fourth-order valence-corrected chi connectivity index (χ4v) is 7.04. The molecule has 0 radical (unpaired) electrons. The molecule has 0 saturated carbocycles. The van der Waals surface area contributed by atoms with E-state index in [0.717, 1.165) is 0 Å². The summed E-state index contributed by atoms with van der Waals surface area (Å²) in [5, 5.41) is 5.33. The first-order valence-corrected chi connectivity index (χ1v) is 23.4. The lowest BCUT2D eigenvalue weighted by molar-refractivity contribution is 1.23. The maximum absolute atomic E-state index is 2.22. The largest absolute Gasteiger partial charge is 0.0620 e. The summed E-state index contributed by atoms with van der Waals surface area (Å²) in [6.07, 6.45) is 0. The molecule has 0 saturated heterocycles. The van der Waals surface area contributed by atoms with Crippen LogP contribution in [0, 0.1) is 111 Å². The maximum Gasteiger partial charge on any atom is -0.0155 e. The summed E-state index contributed by atoms with van der Waals surface area (Å²) in [6.45, 7) is 34.2. The van der Waals surface area contributed by atoms with Crippen molar-refractivity contribution in [3.63, 3.8) is 0 Å². The first-order chi connectivity index (χ1) is 31.4. The molecule has 0 heterocycles. The summed E-state index contributed by atoms with van der Waals surface area (Å²) in [6, 6.07) is 63.9. The summed E-state index contributed by atoms with van der Waals surface area (Å²) in [7, 11) is 0. The molecular formula is C66H78. The van der Waals surface area contributed by atoms with Crippen molar-refractivity contribution in [1.82, 2.24) is 0 Å². The van der Waals surface area contributed by atoms with Crippen molar-refractivity contribution in [3.05, 3.63) is 271 Å². The fraction of sp³-hybridized carbons (Fsp3) is 0.242. The average Bonchev–Trinajstić information content (AvgIpc) is 3.29. The molecule has 0 unspecified atom stereocenters. The van der Waals surface area contributed by atoms with Gasteiger partial charge in [0.05, 0.1) is 0 Å². The van der Waals surface area contributed by atoms with E-state index >= 15 is 0 Å². The molecule has 0 heteroatoms. The lowest BCUT2D eigenvalue weighted by Crippen LogP contribution is -1.86. The van der Waals surface area contributed by atoms with Gasteiger partial charge in [-0.1, -0.05) is 210 Å². The monoisotopic (exact) mass is 871 g/mol. The zero-order valence-electron chi connectivity index (χ0n) is 43.3. The van der Waals surface area contributed by atoms with Crippen molar-refractivity contribution in [2.24, 2.45) is 0 Å². The van der Waals surface area contributed by atoms with E-state index < -0.39 is 0 Å². The van der Waals surface area contributed by atoms with Crippen molar-refractivity contribution >= 4 is 21.5 Å².